The van der Waals surface area contributed by atoms with E-state index in [1.54, 1.807) is 13.0 Å². The van der Waals surface area contributed by atoms with Gasteiger partial charge in [-0.1, -0.05) is 6.92 Å². The SMILES string of the molecule is CC(O)C(C)Sc1ccc2cc([N+](=O)[O-])ccc2n1. The Kier molecular flexibility index (Phi) is 4.01. The molecule has 1 aromatic heterocycles. The molecule has 1 aromatic carbocycles. The van der Waals surface area contributed by atoms with E-state index in [0.717, 1.165) is 10.4 Å². The van der Waals surface area contributed by atoms with E-state index in [0.29, 0.717) is 5.52 Å². The van der Waals surface area contributed by atoms with Gasteiger partial charge in [0.1, 0.15) is 0 Å². The van der Waals surface area contributed by atoms with Crippen molar-refractivity contribution < 1.29 is 10.0 Å². The lowest BCUT2D eigenvalue weighted by molar-refractivity contribution is -0.384. The van der Waals surface area contributed by atoms with Gasteiger partial charge in [-0.25, -0.2) is 4.98 Å². The van der Waals surface area contributed by atoms with E-state index >= 15 is 0 Å². The monoisotopic (exact) mass is 278 g/mol. The molecule has 100 valence electrons. The van der Waals surface area contributed by atoms with Crippen molar-refractivity contribution in [3.05, 3.63) is 40.4 Å². The van der Waals surface area contributed by atoms with Crippen LogP contribution in [0.25, 0.3) is 10.9 Å². The first-order valence-corrected chi connectivity index (χ1v) is 6.75. The summed E-state index contributed by atoms with van der Waals surface area (Å²) in [6, 6.07) is 8.23. The lowest BCUT2D eigenvalue weighted by Crippen LogP contribution is -2.15. The van der Waals surface area contributed by atoms with Crippen molar-refractivity contribution >= 4 is 28.4 Å². The number of non-ortho nitro benzene ring substituents is 1. The van der Waals surface area contributed by atoms with Crippen LogP contribution in [0.2, 0.25) is 0 Å². The lowest BCUT2D eigenvalue weighted by Gasteiger charge is -2.13. The summed E-state index contributed by atoms with van der Waals surface area (Å²) in [6.45, 7) is 3.67. The van der Waals surface area contributed by atoms with Gasteiger partial charge in [0.05, 0.1) is 21.6 Å². The van der Waals surface area contributed by atoms with Gasteiger partial charge in [-0.15, -0.1) is 11.8 Å². The zero-order valence-corrected chi connectivity index (χ0v) is 11.4. The average Bonchev–Trinajstić information content (AvgIpc) is 2.37. The second kappa shape index (κ2) is 5.54. The Balaban J connectivity index is 2.31. The molecule has 0 saturated heterocycles. The third kappa shape index (κ3) is 3.21. The summed E-state index contributed by atoms with van der Waals surface area (Å²) in [7, 11) is 0. The molecule has 1 N–H and O–H groups in total. The van der Waals surface area contributed by atoms with Crippen LogP contribution in [-0.2, 0) is 0 Å². The number of nitro benzene ring substituents is 1. The van der Waals surface area contributed by atoms with Crippen LogP contribution in [0.5, 0.6) is 0 Å². The number of benzene rings is 1. The second-order valence-electron chi connectivity index (χ2n) is 4.35. The first-order chi connectivity index (χ1) is 8.97. The molecule has 0 aliphatic rings. The number of nitro groups is 1. The molecule has 2 unspecified atom stereocenters. The predicted molar refractivity (Wildman–Crippen MR) is 75.4 cm³/mol. The van der Waals surface area contributed by atoms with Gasteiger partial charge in [0.15, 0.2) is 0 Å². The minimum absolute atomic E-state index is 0.0444. The number of aliphatic hydroxyl groups is 1. The Labute approximate surface area is 114 Å². The largest absolute Gasteiger partial charge is 0.392 e. The molecule has 0 fully saturated rings. The van der Waals surface area contributed by atoms with Gasteiger partial charge in [0.25, 0.3) is 5.69 Å². The molecule has 2 aromatic rings. The first-order valence-electron chi connectivity index (χ1n) is 5.87. The van der Waals surface area contributed by atoms with Crippen molar-refractivity contribution in [2.75, 3.05) is 0 Å². The van der Waals surface area contributed by atoms with Gasteiger partial charge < -0.3 is 5.11 Å². The highest BCUT2D eigenvalue weighted by atomic mass is 32.2. The molecule has 0 radical (unpaired) electrons. The molecule has 1 heterocycles. The third-order valence-electron chi connectivity index (χ3n) is 2.84. The quantitative estimate of drug-likeness (QED) is 0.528. The number of hydrogen-bond donors (Lipinski definition) is 1. The van der Waals surface area contributed by atoms with Crippen molar-refractivity contribution in [3.63, 3.8) is 0 Å². The van der Waals surface area contributed by atoms with Gasteiger partial charge in [-0.2, -0.15) is 0 Å². The molecule has 0 aliphatic carbocycles. The smallest absolute Gasteiger partial charge is 0.270 e. The number of nitrogens with zero attached hydrogens (tertiary/aromatic N) is 2. The third-order valence-corrected chi connectivity index (χ3v) is 4.08. The van der Waals surface area contributed by atoms with Gasteiger partial charge in [0, 0.05) is 22.8 Å². The maximum Gasteiger partial charge on any atom is 0.270 e. The number of fused-ring (bicyclic) bond motifs is 1. The molecular weight excluding hydrogens is 264 g/mol. The highest BCUT2D eigenvalue weighted by Gasteiger charge is 2.12. The molecule has 2 atom stereocenters. The van der Waals surface area contributed by atoms with E-state index in [-0.39, 0.29) is 10.9 Å². The Bertz CT molecular complexity index is 616. The summed E-state index contributed by atoms with van der Waals surface area (Å²) in [5.41, 5.74) is 0.778. The Morgan fingerprint density at radius 2 is 2.05 bits per heavy atom. The van der Waals surface area contributed by atoms with E-state index < -0.39 is 11.0 Å². The van der Waals surface area contributed by atoms with Crippen molar-refractivity contribution in [2.45, 2.75) is 30.2 Å². The van der Waals surface area contributed by atoms with Crippen LogP contribution >= 0.6 is 11.8 Å². The van der Waals surface area contributed by atoms with Crippen LogP contribution in [-0.4, -0.2) is 26.4 Å². The minimum Gasteiger partial charge on any atom is -0.392 e. The first kappa shape index (κ1) is 13.8. The van der Waals surface area contributed by atoms with Crippen LogP contribution in [0.15, 0.2) is 35.4 Å². The van der Waals surface area contributed by atoms with Gasteiger partial charge in [-0.05, 0) is 25.1 Å². The summed E-state index contributed by atoms with van der Waals surface area (Å²) in [5, 5.41) is 21.7. The Morgan fingerprint density at radius 1 is 1.32 bits per heavy atom. The van der Waals surface area contributed by atoms with Gasteiger partial charge >= 0.3 is 0 Å². The molecule has 2 rings (SSSR count). The number of thioether (sulfide) groups is 1. The maximum atomic E-state index is 10.7. The summed E-state index contributed by atoms with van der Waals surface area (Å²) >= 11 is 1.48. The number of aliphatic hydroxyl groups excluding tert-OH is 1. The topological polar surface area (TPSA) is 76.3 Å². The summed E-state index contributed by atoms with van der Waals surface area (Å²) in [4.78, 5) is 14.7. The van der Waals surface area contributed by atoms with E-state index in [1.807, 2.05) is 19.1 Å². The highest BCUT2D eigenvalue weighted by Crippen LogP contribution is 2.27. The predicted octanol–water partition coefficient (Wildman–Crippen LogP) is 3.00. The van der Waals surface area contributed by atoms with Crippen LogP contribution in [0.3, 0.4) is 0 Å². The number of pyridine rings is 1. The van der Waals surface area contributed by atoms with Crippen molar-refractivity contribution in [3.8, 4) is 0 Å². The van der Waals surface area contributed by atoms with Crippen LogP contribution in [0, 0.1) is 10.1 Å². The van der Waals surface area contributed by atoms with Crippen molar-refractivity contribution in [1.29, 1.82) is 0 Å². The fraction of sp³-hybridized carbons (Fsp3) is 0.308. The normalized spacial score (nSPS) is 14.3. The van der Waals surface area contributed by atoms with E-state index in [9.17, 15) is 15.2 Å². The zero-order valence-electron chi connectivity index (χ0n) is 10.6. The Morgan fingerprint density at radius 3 is 2.68 bits per heavy atom. The standard InChI is InChI=1S/C13H14N2O3S/c1-8(16)9(2)19-13-6-3-10-7-11(15(17)18)4-5-12(10)14-13/h3-9,16H,1-2H3. The van der Waals surface area contributed by atoms with Crippen molar-refractivity contribution in [1.82, 2.24) is 4.98 Å². The summed E-state index contributed by atoms with van der Waals surface area (Å²) in [5.74, 6) is 0. The van der Waals surface area contributed by atoms with E-state index in [1.165, 1.54) is 23.9 Å². The molecule has 19 heavy (non-hydrogen) atoms. The zero-order chi connectivity index (χ0) is 14.0. The number of aromatic nitrogens is 1. The molecule has 0 saturated carbocycles. The minimum atomic E-state index is -0.419. The Hall–Kier alpha value is -1.66. The van der Waals surface area contributed by atoms with Gasteiger partial charge in [0.2, 0.25) is 0 Å². The highest BCUT2D eigenvalue weighted by molar-refractivity contribution is 7.99. The van der Waals surface area contributed by atoms with Crippen LogP contribution in [0.4, 0.5) is 5.69 Å². The second-order valence-corrected chi connectivity index (χ2v) is 5.74. The van der Waals surface area contributed by atoms with E-state index in [4.69, 9.17) is 0 Å². The number of rotatable bonds is 4. The molecule has 0 aliphatic heterocycles. The van der Waals surface area contributed by atoms with Crippen LogP contribution < -0.4 is 0 Å². The number of hydrogen-bond acceptors (Lipinski definition) is 5. The summed E-state index contributed by atoms with van der Waals surface area (Å²) < 4.78 is 0. The van der Waals surface area contributed by atoms with Crippen LogP contribution in [0.1, 0.15) is 13.8 Å². The molecular formula is C13H14N2O3S. The van der Waals surface area contributed by atoms with E-state index in [2.05, 4.69) is 4.98 Å². The molecule has 0 bridgehead atoms. The molecule has 0 amide bonds. The maximum absolute atomic E-state index is 10.7. The molecule has 5 nitrogen and oxygen atoms in total. The van der Waals surface area contributed by atoms with Crippen molar-refractivity contribution in [2.24, 2.45) is 0 Å². The fourth-order valence-corrected chi connectivity index (χ4v) is 2.44. The lowest BCUT2D eigenvalue weighted by atomic mass is 10.2. The van der Waals surface area contributed by atoms with Gasteiger partial charge in [-0.3, -0.25) is 10.1 Å². The molecule has 6 heteroatoms. The summed E-state index contributed by atoms with van der Waals surface area (Å²) in [6.07, 6.45) is -0.417. The fourth-order valence-electron chi connectivity index (χ4n) is 1.56. The average molecular weight is 278 g/mol. The molecule has 0 spiro atoms.